The minimum absolute atomic E-state index is 0.0610. The Balaban J connectivity index is 1.69. The smallest absolute Gasteiger partial charge is 0.260 e. The zero-order chi connectivity index (χ0) is 21.3. The fourth-order valence-corrected chi connectivity index (χ4v) is 4.59. The Morgan fingerprint density at radius 3 is 2.67 bits per heavy atom. The molecule has 1 aliphatic rings. The summed E-state index contributed by atoms with van der Waals surface area (Å²) in [5, 5.41) is 0.743. The summed E-state index contributed by atoms with van der Waals surface area (Å²) in [7, 11) is 4.24. The van der Waals surface area contributed by atoms with Gasteiger partial charge in [0.15, 0.2) is 16.6 Å². The molecule has 0 unspecified atom stereocenters. The van der Waals surface area contributed by atoms with E-state index >= 15 is 0 Å². The summed E-state index contributed by atoms with van der Waals surface area (Å²) in [6, 6.07) is 9.61. The molecular weight excluding hydrogens is 398 g/mol. The SMILES string of the molecule is Cc1ccc2sc(N(CCC[NH+](C)C)C(=O)c3ccc4c(c3)OCCO4)nc2c1C. The summed E-state index contributed by atoms with van der Waals surface area (Å²) in [5.74, 6) is 1.25. The van der Waals surface area contributed by atoms with Crippen LogP contribution in [-0.2, 0) is 0 Å². The normalized spacial score (nSPS) is 13.1. The number of aryl methyl sites for hydroxylation is 2. The highest BCUT2D eigenvalue weighted by atomic mass is 32.1. The third-order valence-electron chi connectivity index (χ3n) is 5.40. The number of fused-ring (bicyclic) bond motifs is 2. The Kier molecular flexibility index (Phi) is 5.92. The number of ether oxygens (including phenoxy) is 2. The average molecular weight is 427 g/mol. The maximum Gasteiger partial charge on any atom is 0.260 e. The first-order valence-corrected chi connectivity index (χ1v) is 11.1. The van der Waals surface area contributed by atoms with E-state index in [1.54, 1.807) is 17.4 Å². The van der Waals surface area contributed by atoms with Crippen molar-refractivity contribution < 1.29 is 19.2 Å². The van der Waals surface area contributed by atoms with Crippen LogP contribution in [0.5, 0.6) is 11.5 Å². The van der Waals surface area contributed by atoms with Gasteiger partial charge in [-0.15, -0.1) is 0 Å². The highest BCUT2D eigenvalue weighted by Crippen LogP contribution is 2.34. The molecule has 1 amide bonds. The molecule has 0 bridgehead atoms. The van der Waals surface area contributed by atoms with Gasteiger partial charge in [-0.05, 0) is 49.2 Å². The number of hydrogen-bond donors (Lipinski definition) is 1. The quantitative estimate of drug-likeness (QED) is 0.659. The molecule has 158 valence electrons. The molecule has 3 aromatic rings. The zero-order valence-electron chi connectivity index (χ0n) is 17.9. The van der Waals surface area contributed by atoms with Crippen LogP contribution in [0.25, 0.3) is 10.2 Å². The molecule has 1 aliphatic heterocycles. The van der Waals surface area contributed by atoms with Gasteiger partial charge in [-0.2, -0.15) is 0 Å². The van der Waals surface area contributed by atoms with Crippen LogP contribution in [0.1, 0.15) is 27.9 Å². The van der Waals surface area contributed by atoms with Crippen molar-refractivity contribution in [3.05, 3.63) is 47.0 Å². The van der Waals surface area contributed by atoms with Crippen LogP contribution >= 0.6 is 11.3 Å². The highest BCUT2D eigenvalue weighted by molar-refractivity contribution is 7.22. The van der Waals surface area contributed by atoms with Crippen LogP contribution in [0, 0.1) is 13.8 Å². The van der Waals surface area contributed by atoms with E-state index in [4.69, 9.17) is 14.5 Å². The lowest BCUT2D eigenvalue weighted by Gasteiger charge is -2.22. The lowest BCUT2D eigenvalue weighted by Crippen LogP contribution is -3.05. The molecule has 6 nitrogen and oxygen atoms in total. The zero-order valence-corrected chi connectivity index (χ0v) is 18.8. The number of thiazole rings is 1. The van der Waals surface area contributed by atoms with E-state index in [0.717, 1.165) is 28.3 Å². The number of carbonyl (C=O) groups is 1. The number of nitrogens with one attached hydrogen (secondary N) is 1. The van der Waals surface area contributed by atoms with Crippen LogP contribution in [0.4, 0.5) is 5.13 Å². The van der Waals surface area contributed by atoms with E-state index in [1.807, 2.05) is 17.0 Å². The molecule has 0 atom stereocenters. The molecule has 7 heteroatoms. The van der Waals surface area contributed by atoms with Gasteiger partial charge in [0.2, 0.25) is 0 Å². The van der Waals surface area contributed by atoms with Crippen LogP contribution in [0.15, 0.2) is 30.3 Å². The third-order valence-corrected chi connectivity index (χ3v) is 6.44. The van der Waals surface area contributed by atoms with E-state index in [9.17, 15) is 4.79 Å². The summed E-state index contributed by atoms with van der Waals surface area (Å²) in [6.45, 7) is 6.81. The molecule has 2 heterocycles. The minimum atomic E-state index is -0.0610. The Morgan fingerprint density at radius 2 is 1.90 bits per heavy atom. The van der Waals surface area contributed by atoms with Crippen molar-refractivity contribution in [2.75, 3.05) is 45.3 Å². The van der Waals surface area contributed by atoms with Gasteiger partial charge in [0.25, 0.3) is 5.91 Å². The lowest BCUT2D eigenvalue weighted by molar-refractivity contribution is -0.858. The summed E-state index contributed by atoms with van der Waals surface area (Å²) in [5.41, 5.74) is 3.94. The number of aromatic nitrogens is 1. The van der Waals surface area contributed by atoms with Crippen LogP contribution < -0.4 is 19.3 Å². The number of nitrogens with zero attached hydrogens (tertiary/aromatic N) is 2. The molecule has 1 N–H and O–H groups in total. The van der Waals surface area contributed by atoms with Crippen molar-refractivity contribution in [3.63, 3.8) is 0 Å². The lowest BCUT2D eigenvalue weighted by atomic mass is 10.1. The van der Waals surface area contributed by atoms with Crippen molar-refractivity contribution in [1.29, 1.82) is 0 Å². The molecule has 2 aromatic carbocycles. The monoisotopic (exact) mass is 426 g/mol. The summed E-state index contributed by atoms with van der Waals surface area (Å²) in [4.78, 5) is 21.6. The maximum absolute atomic E-state index is 13.5. The Labute approximate surface area is 181 Å². The Hall–Kier alpha value is -2.64. The number of quaternary nitrogens is 1. The van der Waals surface area contributed by atoms with Crippen molar-refractivity contribution in [2.45, 2.75) is 20.3 Å². The molecule has 30 heavy (non-hydrogen) atoms. The topological polar surface area (TPSA) is 56.1 Å². The maximum atomic E-state index is 13.5. The largest absolute Gasteiger partial charge is 0.486 e. The average Bonchev–Trinajstić information content (AvgIpc) is 3.17. The van der Waals surface area contributed by atoms with Crippen LogP contribution in [0.2, 0.25) is 0 Å². The number of carbonyl (C=O) groups excluding carboxylic acids is 1. The van der Waals surface area contributed by atoms with Crippen molar-refractivity contribution in [3.8, 4) is 11.5 Å². The van der Waals surface area contributed by atoms with Gasteiger partial charge < -0.3 is 14.4 Å². The number of amides is 1. The molecule has 0 spiro atoms. The first-order valence-electron chi connectivity index (χ1n) is 10.3. The van der Waals surface area contributed by atoms with Gasteiger partial charge >= 0.3 is 0 Å². The number of hydrogen-bond acceptors (Lipinski definition) is 5. The molecule has 4 rings (SSSR count). The first kappa shape index (κ1) is 20.6. The van der Waals surface area contributed by atoms with Crippen LogP contribution in [0.3, 0.4) is 0 Å². The van der Waals surface area contributed by atoms with Gasteiger partial charge in [0.05, 0.1) is 30.9 Å². The molecule has 0 aliphatic carbocycles. The standard InChI is InChI=1S/C23H27N3O3S/c1-15-6-9-20-21(16(15)2)24-23(30-20)26(11-5-10-25(3)4)22(27)17-7-8-18-19(14-17)29-13-12-28-18/h6-9,14H,5,10-13H2,1-4H3/p+1. The van der Waals surface area contributed by atoms with Gasteiger partial charge in [-0.25, -0.2) is 4.98 Å². The first-order chi connectivity index (χ1) is 14.4. The molecule has 0 radical (unpaired) electrons. The Morgan fingerprint density at radius 1 is 1.13 bits per heavy atom. The number of benzene rings is 2. The summed E-state index contributed by atoms with van der Waals surface area (Å²) < 4.78 is 12.4. The predicted octanol–water partition coefficient (Wildman–Crippen LogP) is 2.87. The summed E-state index contributed by atoms with van der Waals surface area (Å²) in [6.07, 6.45) is 0.895. The fourth-order valence-electron chi connectivity index (χ4n) is 3.54. The van der Waals surface area contributed by atoms with Gasteiger partial charge in [-0.3, -0.25) is 9.69 Å². The highest BCUT2D eigenvalue weighted by Gasteiger charge is 2.24. The molecule has 0 saturated heterocycles. The summed E-state index contributed by atoms with van der Waals surface area (Å²) >= 11 is 1.57. The van der Waals surface area contributed by atoms with Gasteiger partial charge in [-0.1, -0.05) is 17.4 Å². The third kappa shape index (κ3) is 4.13. The second-order valence-electron chi connectivity index (χ2n) is 7.98. The van der Waals surface area contributed by atoms with Crippen molar-refractivity contribution >= 4 is 32.6 Å². The van der Waals surface area contributed by atoms with E-state index in [0.29, 0.717) is 36.8 Å². The fraction of sp³-hybridized carbons (Fsp3) is 0.391. The number of rotatable bonds is 6. The van der Waals surface area contributed by atoms with E-state index in [1.165, 1.54) is 16.0 Å². The number of anilines is 1. The van der Waals surface area contributed by atoms with Crippen molar-refractivity contribution in [1.82, 2.24) is 4.98 Å². The van der Waals surface area contributed by atoms with Crippen LogP contribution in [-0.4, -0.2) is 51.3 Å². The van der Waals surface area contributed by atoms with Gasteiger partial charge in [0.1, 0.15) is 13.2 Å². The minimum Gasteiger partial charge on any atom is -0.486 e. The molecule has 0 fully saturated rings. The molecule has 0 saturated carbocycles. The van der Waals surface area contributed by atoms with E-state index in [-0.39, 0.29) is 5.91 Å². The van der Waals surface area contributed by atoms with Gasteiger partial charge in [0, 0.05) is 18.5 Å². The second-order valence-corrected chi connectivity index (χ2v) is 8.99. The van der Waals surface area contributed by atoms with Crippen molar-refractivity contribution in [2.24, 2.45) is 0 Å². The van der Waals surface area contributed by atoms with E-state index in [2.05, 4.69) is 40.1 Å². The Bertz CT molecular complexity index is 1080. The molecule has 1 aromatic heterocycles. The predicted molar refractivity (Wildman–Crippen MR) is 120 cm³/mol. The van der Waals surface area contributed by atoms with E-state index < -0.39 is 0 Å². The second kappa shape index (κ2) is 8.62. The molecular formula is C23H28N3O3S+.